The Labute approximate surface area is 132 Å². The van der Waals surface area contributed by atoms with Crippen molar-refractivity contribution in [2.75, 3.05) is 7.11 Å². The van der Waals surface area contributed by atoms with E-state index in [1.165, 1.54) is 6.20 Å². The summed E-state index contributed by atoms with van der Waals surface area (Å²) in [5, 5.41) is 0.484. The minimum Gasteiger partial charge on any atom is -0.497 e. The molecule has 116 valence electrons. The van der Waals surface area contributed by atoms with E-state index in [1.807, 2.05) is 41.0 Å². The van der Waals surface area contributed by atoms with Gasteiger partial charge in [0.2, 0.25) is 5.43 Å². The number of amides is 1. The minimum atomic E-state index is -0.718. The monoisotopic (exact) mass is 308 g/mol. The maximum Gasteiger partial charge on any atom is 0.254 e. The summed E-state index contributed by atoms with van der Waals surface area (Å²) in [6.45, 7) is 0.519. The van der Waals surface area contributed by atoms with Gasteiger partial charge in [0.25, 0.3) is 5.91 Å². The first-order valence-corrected chi connectivity index (χ1v) is 7.15. The normalized spacial score (nSPS) is 10.7. The topological polar surface area (TPSA) is 74.3 Å². The van der Waals surface area contributed by atoms with Crippen LogP contribution in [0.25, 0.3) is 10.9 Å². The third-order valence-electron chi connectivity index (χ3n) is 3.77. The molecule has 0 atom stereocenters. The molecule has 0 bridgehead atoms. The first-order chi connectivity index (χ1) is 11.1. The molecular weight excluding hydrogens is 292 g/mol. The second kappa shape index (κ2) is 5.96. The first-order valence-electron chi connectivity index (χ1n) is 7.15. The number of hydrogen-bond acceptors (Lipinski definition) is 3. The molecule has 0 aliphatic rings. The quantitative estimate of drug-likeness (QED) is 0.802. The Morgan fingerprint density at radius 2 is 1.83 bits per heavy atom. The third kappa shape index (κ3) is 2.81. The number of nitrogens with zero attached hydrogens (tertiary/aromatic N) is 1. The van der Waals surface area contributed by atoms with Gasteiger partial charge in [0.1, 0.15) is 11.3 Å². The molecule has 0 aliphatic carbocycles. The molecular formula is C18H16N2O3. The summed E-state index contributed by atoms with van der Waals surface area (Å²) in [4.78, 5) is 23.9. The second-order valence-electron chi connectivity index (χ2n) is 5.23. The SMILES string of the molecule is COc1ccc(Cn2cc(C(N)=O)c(=O)c3ccccc32)cc1. The molecule has 0 unspecified atom stereocenters. The lowest BCUT2D eigenvalue weighted by atomic mass is 10.1. The zero-order valence-corrected chi connectivity index (χ0v) is 12.7. The van der Waals surface area contributed by atoms with Gasteiger partial charge in [-0.2, -0.15) is 0 Å². The number of rotatable bonds is 4. The molecule has 0 fully saturated rings. The Kier molecular flexibility index (Phi) is 3.85. The van der Waals surface area contributed by atoms with E-state index in [4.69, 9.17) is 10.5 Å². The molecule has 5 nitrogen and oxygen atoms in total. The van der Waals surface area contributed by atoms with Crippen LogP contribution in [0.1, 0.15) is 15.9 Å². The Bertz CT molecular complexity index is 927. The average molecular weight is 308 g/mol. The number of hydrogen-bond donors (Lipinski definition) is 1. The van der Waals surface area contributed by atoms with Crippen LogP contribution in [0.15, 0.2) is 59.5 Å². The molecule has 1 aromatic heterocycles. The van der Waals surface area contributed by atoms with Crippen molar-refractivity contribution < 1.29 is 9.53 Å². The van der Waals surface area contributed by atoms with E-state index in [2.05, 4.69) is 0 Å². The fraction of sp³-hybridized carbons (Fsp3) is 0.111. The summed E-state index contributed by atoms with van der Waals surface area (Å²) < 4.78 is 7.01. The van der Waals surface area contributed by atoms with Crippen LogP contribution in [-0.4, -0.2) is 17.6 Å². The van der Waals surface area contributed by atoms with E-state index in [0.717, 1.165) is 16.8 Å². The van der Waals surface area contributed by atoms with E-state index in [-0.39, 0.29) is 11.0 Å². The lowest BCUT2D eigenvalue weighted by Gasteiger charge is -2.13. The number of aromatic nitrogens is 1. The molecule has 5 heteroatoms. The molecule has 2 aromatic carbocycles. The highest BCUT2D eigenvalue weighted by Crippen LogP contribution is 2.16. The lowest BCUT2D eigenvalue weighted by Crippen LogP contribution is -2.24. The molecule has 1 heterocycles. The molecule has 0 saturated carbocycles. The van der Waals surface area contributed by atoms with Crippen molar-refractivity contribution in [3.8, 4) is 5.75 Å². The van der Waals surface area contributed by atoms with Crippen LogP contribution in [0, 0.1) is 0 Å². The Balaban J connectivity index is 2.13. The highest BCUT2D eigenvalue weighted by molar-refractivity contribution is 5.96. The number of nitrogens with two attached hydrogens (primary N) is 1. The van der Waals surface area contributed by atoms with Gasteiger partial charge in [0.05, 0.1) is 12.6 Å². The van der Waals surface area contributed by atoms with E-state index >= 15 is 0 Å². The van der Waals surface area contributed by atoms with Gasteiger partial charge in [-0.3, -0.25) is 9.59 Å². The van der Waals surface area contributed by atoms with Gasteiger partial charge in [0.15, 0.2) is 0 Å². The van der Waals surface area contributed by atoms with Gasteiger partial charge >= 0.3 is 0 Å². The van der Waals surface area contributed by atoms with Crippen molar-refractivity contribution >= 4 is 16.8 Å². The first kappa shape index (κ1) is 14.8. The molecule has 0 spiro atoms. The van der Waals surface area contributed by atoms with Gasteiger partial charge in [0, 0.05) is 18.1 Å². The smallest absolute Gasteiger partial charge is 0.254 e. The van der Waals surface area contributed by atoms with Gasteiger partial charge < -0.3 is 15.0 Å². The molecule has 0 saturated heterocycles. The standard InChI is InChI=1S/C18H16N2O3/c1-23-13-8-6-12(7-9-13)10-20-11-15(18(19)22)17(21)14-4-2-3-5-16(14)20/h2-9,11H,10H2,1H3,(H2,19,22). The number of carbonyl (C=O) groups is 1. The zero-order chi connectivity index (χ0) is 16.4. The summed E-state index contributed by atoms with van der Waals surface area (Å²) >= 11 is 0. The zero-order valence-electron chi connectivity index (χ0n) is 12.7. The molecule has 1 amide bonds. The van der Waals surface area contributed by atoms with E-state index in [9.17, 15) is 9.59 Å². The largest absolute Gasteiger partial charge is 0.497 e. The summed E-state index contributed by atoms with van der Waals surface area (Å²) in [6, 6.07) is 14.8. The number of ether oxygens (including phenoxy) is 1. The molecule has 0 radical (unpaired) electrons. The van der Waals surface area contributed by atoms with Gasteiger partial charge in [-0.1, -0.05) is 24.3 Å². The summed E-state index contributed by atoms with van der Waals surface area (Å²) in [5.74, 6) is 0.0561. The number of fused-ring (bicyclic) bond motifs is 1. The average Bonchev–Trinajstić information content (AvgIpc) is 2.58. The molecule has 23 heavy (non-hydrogen) atoms. The van der Waals surface area contributed by atoms with E-state index in [1.54, 1.807) is 19.2 Å². The molecule has 0 aliphatic heterocycles. The minimum absolute atomic E-state index is 0.00258. The van der Waals surface area contributed by atoms with Crippen LogP contribution in [0.4, 0.5) is 0 Å². The number of pyridine rings is 1. The van der Waals surface area contributed by atoms with Crippen LogP contribution in [0.2, 0.25) is 0 Å². The summed E-state index contributed by atoms with van der Waals surface area (Å²) in [6.07, 6.45) is 1.53. The Hall–Kier alpha value is -3.08. The maximum atomic E-state index is 12.3. The highest BCUT2D eigenvalue weighted by Gasteiger charge is 2.12. The van der Waals surface area contributed by atoms with E-state index < -0.39 is 5.91 Å². The van der Waals surface area contributed by atoms with Crippen molar-refractivity contribution in [1.82, 2.24) is 4.57 Å². The summed E-state index contributed by atoms with van der Waals surface area (Å²) in [5.41, 5.74) is 6.79. The van der Waals surface area contributed by atoms with E-state index in [0.29, 0.717) is 11.9 Å². The third-order valence-corrected chi connectivity index (χ3v) is 3.77. The predicted octanol–water partition coefficient (Wildman–Crippen LogP) is 2.16. The van der Waals surface area contributed by atoms with Crippen molar-refractivity contribution in [1.29, 1.82) is 0 Å². The van der Waals surface area contributed by atoms with Crippen LogP contribution in [-0.2, 0) is 6.54 Å². The Morgan fingerprint density at radius 1 is 1.13 bits per heavy atom. The van der Waals surface area contributed by atoms with Crippen molar-refractivity contribution in [2.45, 2.75) is 6.54 Å². The predicted molar refractivity (Wildman–Crippen MR) is 88.8 cm³/mol. The Morgan fingerprint density at radius 3 is 2.48 bits per heavy atom. The van der Waals surface area contributed by atoms with Gasteiger partial charge in [-0.15, -0.1) is 0 Å². The fourth-order valence-electron chi connectivity index (χ4n) is 2.58. The number of para-hydroxylation sites is 1. The number of carbonyl (C=O) groups excluding carboxylic acids is 1. The molecule has 3 aromatic rings. The maximum absolute atomic E-state index is 12.3. The molecule has 3 rings (SSSR count). The number of methoxy groups -OCH3 is 1. The van der Waals surface area contributed by atoms with Gasteiger partial charge in [-0.05, 0) is 29.8 Å². The second-order valence-corrected chi connectivity index (χ2v) is 5.23. The fourth-order valence-corrected chi connectivity index (χ4v) is 2.58. The molecule has 2 N–H and O–H groups in total. The summed E-state index contributed by atoms with van der Waals surface area (Å²) in [7, 11) is 1.61. The van der Waals surface area contributed by atoms with Crippen LogP contribution >= 0.6 is 0 Å². The van der Waals surface area contributed by atoms with Crippen molar-refractivity contribution in [2.24, 2.45) is 5.73 Å². The van der Waals surface area contributed by atoms with Crippen LogP contribution < -0.4 is 15.9 Å². The van der Waals surface area contributed by atoms with Crippen molar-refractivity contribution in [3.63, 3.8) is 0 Å². The van der Waals surface area contributed by atoms with Gasteiger partial charge in [-0.25, -0.2) is 0 Å². The number of benzene rings is 2. The lowest BCUT2D eigenvalue weighted by molar-refractivity contribution is 0.0999. The van der Waals surface area contributed by atoms with Crippen molar-refractivity contribution in [3.05, 3.63) is 76.1 Å². The van der Waals surface area contributed by atoms with Crippen LogP contribution in [0.5, 0.6) is 5.75 Å². The highest BCUT2D eigenvalue weighted by atomic mass is 16.5. The number of primary amides is 1. The van der Waals surface area contributed by atoms with Crippen LogP contribution in [0.3, 0.4) is 0 Å².